The van der Waals surface area contributed by atoms with E-state index in [2.05, 4.69) is 15.2 Å². The highest BCUT2D eigenvalue weighted by Gasteiger charge is 2.19. The van der Waals surface area contributed by atoms with Crippen LogP contribution in [0.4, 0.5) is 5.69 Å². The maximum absolute atomic E-state index is 12.4. The minimum Gasteiger partial charge on any atom is -0.331 e. The average Bonchev–Trinajstić information content (AvgIpc) is 3.06. The summed E-state index contributed by atoms with van der Waals surface area (Å²) < 4.78 is 27.8. The highest BCUT2D eigenvalue weighted by Crippen LogP contribution is 2.22. The Kier molecular flexibility index (Phi) is 7.33. The van der Waals surface area contributed by atoms with Gasteiger partial charge in [-0.1, -0.05) is 12.1 Å². The van der Waals surface area contributed by atoms with Crippen LogP contribution in [0.25, 0.3) is 11.0 Å². The van der Waals surface area contributed by atoms with Crippen LogP contribution in [0.15, 0.2) is 47.4 Å². The Labute approximate surface area is 189 Å². The molecule has 0 bridgehead atoms. The van der Waals surface area contributed by atoms with Crippen LogP contribution in [0.5, 0.6) is 0 Å². The number of aromatic nitrogens is 2. The van der Waals surface area contributed by atoms with Crippen LogP contribution in [0.2, 0.25) is 0 Å². The van der Waals surface area contributed by atoms with Gasteiger partial charge in [-0.25, -0.2) is 17.7 Å². The van der Waals surface area contributed by atoms with Crippen molar-refractivity contribution in [3.05, 3.63) is 53.9 Å². The lowest BCUT2D eigenvalue weighted by atomic mass is 10.1. The highest BCUT2D eigenvalue weighted by atomic mass is 32.2. The zero-order valence-electron chi connectivity index (χ0n) is 19.3. The van der Waals surface area contributed by atoms with Crippen molar-refractivity contribution in [1.29, 1.82) is 0 Å². The van der Waals surface area contributed by atoms with Crippen molar-refractivity contribution >= 4 is 32.7 Å². The zero-order valence-corrected chi connectivity index (χ0v) is 20.1. The number of hydrogen-bond acceptors (Lipinski definition) is 5. The molecule has 1 aromatic heterocycles. The number of rotatable bonds is 9. The van der Waals surface area contributed by atoms with Crippen molar-refractivity contribution in [3.8, 4) is 0 Å². The number of nitrogens with one attached hydrogen (secondary N) is 1. The molecule has 8 nitrogen and oxygen atoms in total. The van der Waals surface area contributed by atoms with Crippen molar-refractivity contribution in [2.75, 3.05) is 40.1 Å². The summed E-state index contributed by atoms with van der Waals surface area (Å²) in [6, 6.07) is 12.8. The molecule has 9 heteroatoms. The number of fused-ring (bicyclic) bond motifs is 1. The van der Waals surface area contributed by atoms with Crippen molar-refractivity contribution in [2.24, 2.45) is 7.05 Å². The number of likely N-dealkylation sites (N-methyl/N-ethyl adjacent to an activating group) is 1. The van der Waals surface area contributed by atoms with E-state index in [1.807, 2.05) is 50.0 Å². The quantitative estimate of drug-likeness (QED) is 0.533. The molecule has 0 radical (unpaired) electrons. The maximum atomic E-state index is 12.4. The molecule has 1 heterocycles. The molecule has 0 saturated carbocycles. The molecule has 2 aromatic carbocycles. The van der Waals surface area contributed by atoms with E-state index in [9.17, 15) is 13.2 Å². The largest absolute Gasteiger partial charge is 0.331 e. The first-order chi connectivity index (χ1) is 15.1. The van der Waals surface area contributed by atoms with E-state index in [0.717, 1.165) is 30.0 Å². The Hall–Kier alpha value is -2.75. The van der Waals surface area contributed by atoms with Crippen LogP contribution >= 0.6 is 0 Å². The number of imidazole rings is 1. The molecule has 1 N–H and O–H groups in total. The Morgan fingerprint density at radius 1 is 1.03 bits per heavy atom. The topological polar surface area (TPSA) is 87.5 Å². The summed E-state index contributed by atoms with van der Waals surface area (Å²) in [5.41, 5.74) is 3.42. The van der Waals surface area contributed by atoms with Crippen LogP contribution in [0.3, 0.4) is 0 Å². The second-order valence-electron chi connectivity index (χ2n) is 8.32. The van der Waals surface area contributed by atoms with Gasteiger partial charge in [0.25, 0.3) is 0 Å². The lowest BCUT2D eigenvalue weighted by Gasteiger charge is -2.11. The fraction of sp³-hybridized carbons (Fsp3) is 0.391. The summed E-state index contributed by atoms with van der Waals surface area (Å²) in [4.78, 5) is 19.3. The third kappa shape index (κ3) is 5.53. The van der Waals surface area contributed by atoms with E-state index in [1.165, 1.54) is 24.0 Å². The fourth-order valence-corrected chi connectivity index (χ4v) is 4.30. The molecule has 32 heavy (non-hydrogen) atoms. The summed E-state index contributed by atoms with van der Waals surface area (Å²) in [7, 11) is 5.43. The lowest BCUT2D eigenvalue weighted by Crippen LogP contribution is -2.22. The highest BCUT2D eigenvalue weighted by molar-refractivity contribution is 7.89. The molecule has 0 fully saturated rings. The Balaban J connectivity index is 1.64. The third-order valence-electron chi connectivity index (χ3n) is 5.38. The van der Waals surface area contributed by atoms with Crippen LogP contribution < -0.4 is 5.32 Å². The van der Waals surface area contributed by atoms with Gasteiger partial charge in [-0.05, 0) is 56.4 Å². The van der Waals surface area contributed by atoms with E-state index >= 15 is 0 Å². The molecule has 172 valence electrons. The summed E-state index contributed by atoms with van der Waals surface area (Å²) in [5.74, 6) is 0.641. The van der Waals surface area contributed by atoms with Crippen molar-refractivity contribution in [2.45, 2.75) is 24.2 Å². The standard InChI is InChI=1S/C23H31N5O3S/c1-26(2)15-14-17-6-8-18(9-7-17)24-23(29)13-12-22-25-20-16-19(32(30,31)27(3)4)10-11-21(20)28(22)5/h6-11,16H,12-15H2,1-5H3,(H,24,29). The summed E-state index contributed by atoms with van der Waals surface area (Å²) in [6.45, 7) is 0.978. The molecule has 1 amide bonds. The van der Waals surface area contributed by atoms with Crippen molar-refractivity contribution < 1.29 is 13.2 Å². The van der Waals surface area contributed by atoms with E-state index in [-0.39, 0.29) is 17.2 Å². The average molecular weight is 458 g/mol. The molecule has 0 spiro atoms. The van der Waals surface area contributed by atoms with Gasteiger partial charge in [-0.2, -0.15) is 0 Å². The normalized spacial score (nSPS) is 12.1. The predicted molar refractivity (Wildman–Crippen MR) is 127 cm³/mol. The number of amides is 1. The van der Waals surface area contributed by atoms with Crippen molar-refractivity contribution in [3.63, 3.8) is 0 Å². The minimum absolute atomic E-state index is 0.0889. The van der Waals surface area contributed by atoms with Gasteiger partial charge in [0.15, 0.2) is 0 Å². The molecule has 3 aromatic rings. The molecule has 0 aliphatic heterocycles. The van der Waals surface area contributed by atoms with Gasteiger partial charge in [-0.3, -0.25) is 4.79 Å². The number of carbonyl (C=O) groups excluding carboxylic acids is 1. The van der Waals surface area contributed by atoms with Gasteiger partial charge >= 0.3 is 0 Å². The number of nitrogens with zero attached hydrogens (tertiary/aromatic N) is 4. The Morgan fingerprint density at radius 2 is 1.72 bits per heavy atom. The molecular weight excluding hydrogens is 426 g/mol. The molecule has 3 rings (SSSR count). The van der Waals surface area contributed by atoms with E-state index in [4.69, 9.17) is 0 Å². The van der Waals surface area contributed by atoms with E-state index in [1.54, 1.807) is 18.2 Å². The lowest BCUT2D eigenvalue weighted by molar-refractivity contribution is -0.116. The van der Waals surface area contributed by atoms with E-state index < -0.39 is 10.0 Å². The number of benzene rings is 2. The predicted octanol–water partition coefficient (Wildman–Crippen LogP) is 2.50. The number of hydrogen-bond donors (Lipinski definition) is 1. The van der Waals surface area contributed by atoms with Crippen LogP contribution in [-0.4, -0.2) is 67.8 Å². The molecule has 0 aliphatic carbocycles. The third-order valence-corrected chi connectivity index (χ3v) is 7.20. The first-order valence-corrected chi connectivity index (χ1v) is 11.9. The summed E-state index contributed by atoms with van der Waals surface area (Å²) in [6.07, 6.45) is 1.70. The monoisotopic (exact) mass is 457 g/mol. The number of sulfonamides is 1. The summed E-state index contributed by atoms with van der Waals surface area (Å²) in [5, 5.41) is 2.93. The second kappa shape index (κ2) is 9.81. The maximum Gasteiger partial charge on any atom is 0.242 e. The molecule has 0 aliphatic rings. The summed E-state index contributed by atoms with van der Waals surface area (Å²) >= 11 is 0. The van der Waals surface area contributed by atoms with Gasteiger partial charge in [-0.15, -0.1) is 0 Å². The van der Waals surface area contributed by atoms with Gasteiger partial charge < -0.3 is 14.8 Å². The van der Waals surface area contributed by atoms with E-state index in [0.29, 0.717) is 11.9 Å². The van der Waals surface area contributed by atoms with Crippen molar-refractivity contribution in [1.82, 2.24) is 18.8 Å². The number of aryl methyl sites for hydroxylation is 2. The van der Waals surface area contributed by atoms with Crippen LogP contribution in [0, 0.1) is 0 Å². The number of carbonyl (C=O) groups is 1. The first kappa shape index (κ1) is 23.9. The molecular formula is C23H31N5O3S. The first-order valence-electron chi connectivity index (χ1n) is 10.5. The second-order valence-corrected chi connectivity index (χ2v) is 10.5. The van der Waals surface area contributed by atoms with Crippen LogP contribution in [-0.2, 0) is 34.7 Å². The molecule has 0 unspecified atom stereocenters. The molecule has 0 saturated heterocycles. The smallest absolute Gasteiger partial charge is 0.242 e. The Bertz CT molecular complexity index is 1200. The van der Waals surface area contributed by atoms with Gasteiger partial charge in [0.1, 0.15) is 5.82 Å². The minimum atomic E-state index is -3.53. The van der Waals surface area contributed by atoms with Crippen LogP contribution in [0.1, 0.15) is 17.8 Å². The SMILES string of the molecule is CN(C)CCc1ccc(NC(=O)CCc2nc3cc(S(=O)(=O)N(C)C)ccc3n2C)cc1. The van der Waals surface area contributed by atoms with Gasteiger partial charge in [0.2, 0.25) is 15.9 Å². The van der Waals surface area contributed by atoms with Gasteiger partial charge in [0.05, 0.1) is 15.9 Å². The number of anilines is 1. The zero-order chi connectivity index (χ0) is 23.5. The molecule has 0 atom stereocenters. The van der Waals surface area contributed by atoms with Gasteiger partial charge in [0, 0.05) is 46.2 Å². The Morgan fingerprint density at radius 3 is 2.34 bits per heavy atom. The fourth-order valence-electron chi connectivity index (χ4n) is 3.38.